The summed E-state index contributed by atoms with van der Waals surface area (Å²) in [4.78, 5) is 8.10. The summed E-state index contributed by atoms with van der Waals surface area (Å²) in [6.45, 7) is 4.76. The van der Waals surface area contributed by atoms with Crippen molar-refractivity contribution in [1.82, 2.24) is 9.88 Å². The van der Waals surface area contributed by atoms with Gasteiger partial charge in [-0.05, 0) is 50.5 Å². The van der Waals surface area contributed by atoms with Gasteiger partial charge in [0.05, 0.1) is 5.69 Å². The molecule has 1 unspecified atom stereocenters. The SMILES string of the molecule is Cc1oc(-c2cccc(F)c2)nc1CN(C)C(C)c1cccs1. The summed E-state index contributed by atoms with van der Waals surface area (Å²) in [5.74, 6) is 0.951. The Morgan fingerprint density at radius 1 is 1.30 bits per heavy atom. The second kappa shape index (κ2) is 6.64. The molecule has 3 nitrogen and oxygen atoms in total. The first kappa shape index (κ1) is 15.9. The molecule has 0 N–H and O–H groups in total. The molecule has 0 spiro atoms. The van der Waals surface area contributed by atoms with Crippen LogP contribution in [0.3, 0.4) is 0 Å². The number of rotatable bonds is 5. The van der Waals surface area contributed by atoms with Crippen molar-refractivity contribution in [3.8, 4) is 11.5 Å². The summed E-state index contributed by atoms with van der Waals surface area (Å²) in [7, 11) is 2.07. The Labute approximate surface area is 139 Å². The molecule has 0 saturated carbocycles. The number of hydrogen-bond acceptors (Lipinski definition) is 4. The number of halogens is 1. The largest absolute Gasteiger partial charge is 0.441 e. The van der Waals surface area contributed by atoms with E-state index in [1.807, 2.05) is 6.92 Å². The molecule has 3 aromatic rings. The van der Waals surface area contributed by atoms with Gasteiger partial charge in [0.2, 0.25) is 5.89 Å². The molecule has 120 valence electrons. The highest BCUT2D eigenvalue weighted by Gasteiger charge is 2.18. The van der Waals surface area contributed by atoms with Crippen LogP contribution >= 0.6 is 11.3 Å². The van der Waals surface area contributed by atoms with Gasteiger partial charge in [-0.25, -0.2) is 9.37 Å². The van der Waals surface area contributed by atoms with Crippen LogP contribution in [-0.4, -0.2) is 16.9 Å². The van der Waals surface area contributed by atoms with Crippen LogP contribution in [0.25, 0.3) is 11.5 Å². The molecule has 0 aliphatic heterocycles. The van der Waals surface area contributed by atoms with Gasteiger partial charge in [0.15, 0.2) is 0 Å². The van der Waals surface area contributed by atoms with Gasteiger partial charge in [0.25, 0.3) is 0 Å². The van der Waals surface area contributed by atoms with E-state index in [1.165, 1.54) is 17.0 Å². The lowest BCUT2D eigenvalue weighted by molar-refractivity contribution is 0.252. The Balaban J connectivity index is 1.79. The van der Waals surface area contributed by atoms with E-state index in [2.05, 4.69) is 41.4 Å². The van der Waals surface area contributed by atoms with Gasteiger partial charge in [-0.1, -0.05) is 12.1 Å². The zero-order valence-corrected chi connectivity index (χ0v) is 14.2. The Morgan fingerprint density at radius 2 is 2.13 bits per heavy atom. The first-order chi connectivity index (χ1) is 11.0. The van der Waals surface area contributed by atoms with Crippen LogP contribution in [0.1, 0.15) is 29.3 Å². The van der Waals surface area contributed by atoms with Crippen molar-refractivity contribution in [1.29, 1.82) is 0 Å². The van der Waals surface area contributed by atoms with Crippen LogP contribution in [0, 0.1) is 12.7 Å². The highest BCUT2D eigenvalue weighted by molar-refractivity contribution is 7.10. The van der Waals surface area contributed by atoms with Crippen molar-refractivity contribution in [3.05, 3.63) is 63.9 Å². The van der Waals surface area contributed by atoms with Gasteiger partial charge in [0.1, 0.15) is 11.6 Å². The predicted octanol–water partition coefficient (Wildman–Crippen LogP) is 5.04. The van der Waals surface area contributed by atoms with Gasteiger partial charge >= 0.3 is 0 Å². The summed E-state index contributed by atoms with van der Waals surface area (Å²) in [5.41, 5.74) is 1.54. The van der Waals surface area contributed by atoms with Crippen molar-refractivity contribution in [2.45, 2.75) is 26.4 Å². The molecule has 23 heavy (non-hydrogen) atoms. The van der Waals surface area contributed by atoms with Crippen LogP contribution in [0.4, 0.5) is 4.39 Å². The van der Waals surface area contributed by atoms with E-state index in [1.54, 1.807) is 23.5 Å². The Kier molecular flexibility index (Phi) is 4.59. The van der Waals surface area contributed by atoms with Gasteiger partial charge in [-0.15, -0.1) is 11.3 Å². The van der Waals surface area contributed by atoms with Crippen molar-refractivity contribution in [3.63, 3.8) is 0 Å². The minimum Gasteiger partial charge on any atom is -0.441 e. The third-order valence-electron chi connectivity index (χ3n) is 3.98. The molecule has 2 aromatic heterocycles. The first-order valence-electron chi connectivity index (χ1n) is 7.50. The third kappa shape index (κ3) is 3.51. The second-order valence-corrected chi connectivity index (χ2v) is 6.62. The molecule has 0 saturated heterocycles. The highest BCUT2D eigenvalue weighted by atomic mass is 32.1. The van der Waals surface area contributed by atoms with Crippen molar-refractivity contribution in [2.24, 2.45) is 0 Å². The molecule has 0 amide bonds. The molecule has 0 fully saturated rings. The monoisotopic (exact) mass is 330 g/mol. The highest BCUT2D eigenvalue weighted by Crippen LogP contribution is 2.27. The Bertz CT molecular complexity index is 782. The molecule has 0 radical (unpaired) electrons. The van der Waals surface area contributed by atoms with Crippen LogP contribution < -0.4 is 0 Å². The van der Waals surface area contributed by atoms with Gasteiger partial charge in [-0.3, -0.25) is 4.90 Å². The molecule has 2 heterocycles. The van der Waals surface area contributed by atoms with E-state index in [4.69, 9.17) is 4.42 Å². The van der Waals surface area contributed by atoms with Crippen LogP contribution in [0.2, 0.25) is 0 Å². The molecule has 5 heteroatoms. The van der Waals surface area contributed by atoms with Crippen LogP contribution in [0.15, 0.2) is 46.2 Å². The first-order valence-corrected chi connectivity index (χ1v) is 8.38. The smallest absolute Gasteiger partial charge is 0.226 e. The Morgan fingerprint density at radius 3 is 2.83 bits per heavy atom. The maximum Gasteiger partial charge on any atom is 0.226 e. The Hall–Kier alpha value is -1.98. The van der Waals surface area contributed by atoms with Gasteiger partial charge < -0.3 is 4.42 Å². The lowest BCUT2D eigenvalue weighted by Gasteiger charge is -2.22. The summed E-state index contributed by atoms with van der Waals surface area (Å²) >= 11 is 1.75. The zero-order chi connectivity index (χ0) is 16.4. The topological polar surface area (TPSA) is 29.3 Å². The minimum absolute atomic E-state index is 0.289. The van der Waals surface area contributed by atoms with Crippen molar-refractivity contribution < 1.29 is 8.81 Å². The number of benzene rings is 1. The van der Waals surface area contributed by atoms with E-state index in [0.717, 1.165) is 11.5 Å². The normalized spacial score (nSPS) is 12.7. The molecule has 3 rings (SSSR count). The van der Waals surface area contributed by atoms with Crippen molar-refractivity contribution in [2.75, 3.05) is 7.05 Å². The van der Waals surface area contributed by atoms with E-state index >= 15 is 0 Å². The maximum absolute atomic E-state index is 13.4. The number of aromatic nitrogens is 1. The van der Waals surface area contributed by atoms with E-state index < -0.39 is 0 Å². The quantitative estimate of drug-likeness (QED) is 0.656. The number of oxazole rings is 1. The zero-order valence-electron chi connectivity index (χ0n) is 13.4. The molecule has 0 aliphatic carbocycles. The predicted molar refractivity (Wildman–Crippen MR) is 90.8 cm³/mol. The fourth-order valence-corrected chi connectivity index (χ4v) is 3.29. The molecule has 1 aromatic carbocycles. The van der Waals surface area contributed by atoms with E-state index in [9.17, 15) is 4.39 Å². The molecular formula is C18H19FN2OS. The summed E-state index contributed by atoms with van der Waals surface area (Å²) in [5, 5.41) is 2.09. The van der Waals surface area contributed by atoms with Gasteiger partial charge in [0, 0.05) is 23.0 Å². The van der Waals surface area contributed by atoms with Crippen LogP contribution in [0.5, 0.6) is 0 Å². The van der Waals surface area contributed by atoms with Crippen LogP contribution in [-0.2, 0) is 6.54 Å². The average molecular weight is 330 g/mol. The number of aryl methyl sites for hydroxylation is 1. The minimum atomic E-state index is -0.289. The number of hydrogen-bond donors (Lipinski definition) is 0. The fraction of sp³-hybridized carbons (Fsp3) is 0.278. The fourth-order valence-electron chi connectivity index (χ4n) is 2.44. The third-order valence-corrected chi connectivity index (χ3v) is 5.02. The van der Waals surface area contributed by atoms with E-state index in [-0.39, 0.29) is 5.82 Å². The van der Waals surface area contributed by atoms with Gasteiger partial charge in [-0.2, -0.15) is 0 Å². The molecular weight excluding hydrogens is 311 g/mol. The van der Waals surface area contributed by atoms with E-state index in [0.29, 0.717) is 24.0 Å². The average Bonchev–Trinajstić information content (AvgIpc) is 3.17. The lowest BCUT2D eigenvalue weighted by atomic mass is 10.2. The number of nitrogens with zero attached hydrogens (tertiary/aromatic N) is 2. The standard InChI is InChI=1S/C18H19FN2OS/c1-12(17-8-5-9-23-17)21(3)11-16-13(2)22-18(20-16)14-6-4-7-15(19)10-14/h4-10,12H,11H2,1-3H3. The number of thiophene rings is 1. The maximum atomic E-state index is 13.4. The summed E-state index contributed by atoms with van der Waals surface area (Å²) in [6, 6.07) is 10.8. The molecule has 0 aliphatic rings. The molecule has 0 bridgehead atoms. The second-order valence-electron chi connectivity index (χ2n) is 5.64. The summed E-state index contributed by atoms with van der Waals surface area (Å²) < 4.78 is 19.1. The summed E-state index contributed by atoms with van der Waals surface area (Å²) in [6.07, 6.45) is 0. The lowest BCUT2D eigenvalue weighted by Crippen LogP contribution is -2.21. The van der Waals surface area contributed by atoms with Crippen molar-refractivity contribution >= 4 is 11.3 Å². The molecule has 1 atom stereocenters.